The summed E-state index contributed by atoms with van der Waals surface area (Å²) >= 11 is 0. The van der Waals surface area contributed by atoms with Gasteiger partial charge in [-0.2, -0.15) is 4.98 Å². The summed E-state index contributed by atoms with van der Waals surface area (Å²) in [5.41, 5.74) is 1.78. The Kier molecular flexibility index (Phi) is 5.41. The highest BCUT2D eigenvalue weighted by Gasteiger charge is 2.10. The molecule has 2 N–H and O–H groups in total. The van der Waals surface area contributed by atoms with Gasteiger partial charge in [0.15, 0.2) is 0 Å². The number of anilines is 3. The molecule has 0 aliphatic carbocycles. The Bertz CT molecular complexity index is 882. The summed E-state index contributed by atoms with van der Waals surface area (Å²) in [6.07, 6.45) is 0. The second-order valence-corrected chi connectivity index (χ2v) is 6.35. The van der Waals surface area contributed by atoms with Crippen molar-refractivity contribution in [3.8, 4) is 11.3 Å². The van der Waals surface area contributed by atoms with Crippen molar-refractivity contribution in [3.63, 3.8) is 0 Å². The van der Waals surface area contributed by atoms with Gasteiger partial charge in [-0.25, -0.2) is 13.8 Å². The van der Waals surface area contributed by atoms with Gasteiger partial charge in [0.25, 0.3) is 0 Å². The third kappa shape index (κ3) is 4.53. The van der Waals surface area contributed by atoms with Crippen molar-refractivity contribution < 1.29 is 8.78 Å². The molecule has 4 nitrogen and oxygen atoms in total. The smallest absolute Gasteiger partial charge is 0.225 e. The lowest BCUT2D eigenvalue weighted by atomic mass is 10.1. The number of hydrogen-bond acceptors (Lipinski definition) is 4. The Morgan fingerprint density at radius 1 is 0.962 bits per heavy atom. The topological polar surface area (TPSA) is 49.8 Å². The molecule has 0 atom stereocenters. The maximum atomic E-state index is 14.0. The van der Waals surface area contributed by atoms with E-state index in [-0.39, 0.29) is 5.69 Å². The molecule has 3 rings (SSSR count). The summed E-state index contributed by atoms with van der Waals surface area (Å²) in [4.78, 5) is 8.93. The molecule has 3 aromatic rings. The van der Waals surface area contributed by atoms with Gasteiger partial charge in [0.1, 0.15) is 17.5 Å². The van der Waals surface area contributed by atoms with E-state index < -0.39 is 11.6 Å². The van der Waals surface area contributed by atoms with E-state index in [4.69, 9.17) is 0 Å². The molecule has 0 spiro atoms. The second kappa shape index (κ2) is 7.91. The molecule has 6 heteroatoms. The first-order valence-electron chi connectivity index (χ1n) is 8.41. The first kappa shape index (κ1) is 17.8. The molecule has 1 heterocycles. The molecule has 134 valence electrons. The Hall–Kier alpha value is -3.02. The van der Waals surface area contributed by atoms with Crippen molar-refractivity contribution in [2.75, 3.05) is 17.2 Å². The Balaban J connectivity index is 1.96. The molecule has 2 aromatic carbocycles. The highest BCUT2D eigenvalue weighted by Crippen LogP contribution is 2.25. The van der Waals surface area contributed by atoms with Crippen molar-refractivity contribution in [2.24, 2.45) is 5.92 Å². The zero-order chi connectivity index (χ0) is 18.5. The van der Waals surface area contributed by atoms with E-state index in [1.54, 1.807) is 6.07 Å². The third-order valence-corrected chi connectivity index (χ3v) is 3.66. The highest BCUT2D eigenvalue weighted by atomic mass is 19.1. The Morgan fingerprint density at radius 3 is 2.42 bits per heavy atom. The van der Waals surface area contributed by atoms with Crippen LogP contribution >= 0.6 is 0 Å². The van der Waals surface area contributed by atoms with Crippen LogP contribution in [0.3, 0.4) is 0 Å². The van der Waals surface area contributed by atoms with Crippen molar-refractivity contribution in [1.82, 2.24) is 9.97 Å². The van der Waals surface area contributed by atoms with E-state index in [1.807, 2.05) is 30.3 Å². The summed E-state index contributed by atoms with van der Waals surface area (Å²) < 4.78 is 27.1. The van der Waals surface area contributed by atoms with Gasteiger partial charge in [0, 0.05) is 24.2 Å². The molecule has 0 radical (unpaired) electrons. The van der Waals surface area contributed by atoms with Crippen LogP contribution in [0.2, 0.25) is 0 Å². The number of rotatable bonds is 6. The highest BCUT2D eigenvalue weighted by molar-refractivity contribution is 5.67. The van der Waals surface area contributed by atoms with E-state index in [0.717, 1.165) is 11.6 Å². The average molecular weight is 354 g/mol. The molecule has 0 bridgehead atoms. The van der Waals surface area contributed by atoms with E-state index in [2.05, 4.69) is 34.4 Å². The Labute approximate surface area is 151 Å². The van der Waals surface area contributed by atoms with E-state index >= 15 is 0 Å². The monoisotopic (exact) mass is 354 g/mol. The predicted molar refractivity (Wildman–Crippen MR) is 100 cm³/mol. The lowest BCUT2D eigenvalue weighted by Gasteiger charge is -2.13. The molecule has 0 unspecified atom stereocenters. The van der Waals surface area contributed by atoms with Crippen LogP contribution in [-0.2, 0) is 0 Å². The molecule has 0 amide bonds. The average Bonchev–Trinajstić information content (AvgIpc) is 2.63. The van der Waals surface area contributed by atoms with Crippen LogP contribution in [0.1, 0.15) is 13.8 Å². The van der Waals surface area contributed by atoms with E-state index in [9.17, 15) is 8.78 Å². The van der Waals surface area contributed by atoms with Crippen LogP contribution in [0.15, 0.2) is 54.6 Å². The lowest BCUT2D eigenvalue weighted by molar-refractivity contribution is 0.586. The lowest BCUT2D eigenvalue weighted by Crippen LogP contribution is -2.12. The van der Waals surface area contributed by atoms with Crippen molar-refractivity contribution in [1.29, 1.82) is 0 Å². The predicted octanol–water partition coefficient (Wildman–Crippen LogP) is 5.23. The van der Waals surface area contributed by atoms with Crippen LogP contribution in [0.4, 0.5) is 26.2 Å². The number of nitrogens with zero attached hydrogens (tertiary/aromatic N) is 2. The molecular formula is C20H20F2N4. The molecule has 0 aliphatic rings. The number of halogens is 2. The zero-order valence-corrected chi connectivity index (χ0v) is 14.6. The molecule has 0 saturated heterocycles. The largest absolute Gasteiger partial charge is 0.354 e. The fraction of sp³-hybridized carbons (Fsp3) is 0.200. The van der Waals surface area contributed by atoms with Crippen LogP contribution in [0.5, 0.6) is 0 Å². The first-order chi connectivity index (χ1) is 12.5. The normalized spacial score (nSPS) is 10.8. The van der Waals surface area contributed by atoms with Gasteiger partial charge < -0.3 is 10.6 Å². The van der Waals surface area contributed by atoms with Crippen molar-refractivity contribution >= 4 is 17.5 Å². The first-order valence-corrected chi connectivity index (χ1v) is 8.41. The minimum atomic E-state index is -0.679. The molecule has 0 aliphatic heterocycles. The van der Waals surface area contributed by atoms with Crippen LogP contribution in [0, 0.1) is 17.6 Å². The molecule has 0 saturated carbocycles. The van der Waals surface area contributed by atoms with Crippen LogP contribution in [-0.4, -0.2) is 16.5 Å². The second-order valence-electron chi connectivity index (χ2n) is 6.35. The quantitative estimate of drug-likeness (QED) is 0.636. The number of aromatic nitrogens is 2. The summed E-state index contributed by atoms with van der Waals surface area (Å²) in [7, 11) is 0. The fourth-order valence-electron chi connectivity index (χ4n) is 2.37. The van der Waals surface area contributed by atoms with Gasteiger partial charge in [-0.3, -0.25) is 0 Å². The maximum Gasteiger partial charge on any atom is 0.225 e. The summed E-state index contributed by atoms with van der Waals surface area (Å²) in [5.74, 6) is -0.00723. The van der Waals surface area contributed by atoms with E-state index in [0.29, 0.717) is 29.9 Å². The van der Waals surface area contributed by atoms with Gasteiger partial charge in [-0.15, -0.1) is 0 Å². The zero-order valence-electron chi connectivity index (χ0n) is 14.6. The Morgan fingerprint density at radius 2 is 1.73 bits per heavy atom. The van der Waals surface area contributed by atoms with Gasteiger partial charge in [-0.1, -0.05) is 44.2 Å². The SMILES string of the molecule is CC(C)CNc1nc(Nc2ccc(F)cc2F)cc(-c2ccccc2)n1. The van der Waals surface area contributed by atoms with Crippen LogP contribution < -0.4 is 10.6 Å². The summed E-state index contributed by atoms with van der Waals surface area (Å²) in [6.45, 7) is 4.88. The standard InChI is InChI=1S/C20H20F2N4/c1-13(2)12-23-20-25-18(14-6-4-3-5-7-14)11-19(26-20)24-17-9-8-15(21)10-16(17)22/h3-11,13H,12H2,1-2H3,(H2,23,24,25,26). The van der Waals surface area contributed by atoms with Crippen molar-refractivity contribution in [3.05, 3.63) is 66.2 Å². The molecule has 26 heavy (non-hydrogen) atoms. The molecular weight excluding hydrogens is 334 g/mol. The fourth-order valence-corrected chi connectivity index (χ4v) is 2.37. The van der Waals surface area contributed by atoms with E-state index in [1.165, 1.54) is 12.1 Å². The van der Waals surface area contributed by atoms with Gasteiger partial charge in [0.2, 0.25) is 5.95 Å². The summed E-state index contributed by atoms with van der Waals surface area (Å²) in [6, 6.07) is 14.8. The number of nitrogens with one attached hydrogen (secondary N) is 2. The molecule has 0 fully saturated rings. The minimum Gasteiger partial charge on any atom is -0.354 e. The van der Waals surface area contributed by atoms with Gasteiger partial charge in [-0.05, 0) is 18.1 Å². The van der Waals surface area contributed by atoms with Gasteiger partial charge in [0.05, 0.1) is 11.4 Å². The maximum absolute atomic E-state index is 14.0. The third-order valence-electron chi connectivity index (χ3n) is 3.66. The molecule has 1 aromatic heterocycles. The number of benzene rings is 2. The number of hydrogen-bond donors (Lipinski definition) is 2. The van der Waals surface area contributed by atoms with Crippen molar-refractivity contribution in [2.45, 2.75) is 13.8 Å². The summed E-state index contributed by atoms with van der Waals surface area (Å²) in [5, 5.41) is 6.09. The van der Waals surface area contributed by atoms with Gasteiger partial charge >= 0.3 is 0 Å². The van der Waals surface area contributed by atoms with Crippen LogP contribution in [0.25, 0.3) is 11.3 Å². The minimum absolute atomic E-state index is 0.152.